The second-order valence-corrected chi connectivity index (χ2v) is 13.2. The zero-order valence-corrected chi connectivity index (χ0v) is 23.9. The van der Waals surface area contributed by atoms with Crippen molar-refractivity contribution < 1.29 is 19.1 Å². The van der Waals surface area contributed by atoms with E-state index < -0.39 is 5.60 Å². The van der Waals surface area contributed by atoms with Gasteiger partial charge in [-0.15, -0.1) is 0 Å². The standard InChI is InChI=1S/C32H48O4/c1-20(2)21(3)9-10-22(4)27-11-12-28-26-14-18-32(36-24(6)34)19-25(35-23(5)33)13-17-31(32,8)29(26)15-16-30(27,28)7/h9-10,14-15,20-22,25,27-28H,11-13,16-19H2,1-8H3/b10-9+/t21-,22+,25+,27-,28+,30-,31+,32+/m0/s1. The normalized spacial score (nSPS) is 39.4. The van der Waals surface area contributed by atoms with E-state index in [1.54, 1.807) is 0 Å². The Morgan fingerprint density at radius 2 is 1.69 bits per heavy atom. The van der Waals surface area contributed by atoms with E-state index in [0.717, 1.165) is 19.3 Å². The third-order valence-corrected chi connectivity index (χ3v) is 10.7. The van der Waals surface area contributed by atoms with Crippen LogP contribution in [0.4, 0.5) is 0 Å². The summed E-state index contributed by atoms with van der Waals surface area (Å²) >= 11 is 0. The predicted octanol–water partition coefficient (Wildman–Crippen LogP) is 7.59. The Hall–Kier alpha value is -1.84. The van der Waals surface area contributed by atoms with E-state index in [0.29, 0.717) is 42.4 Å². The topological polar surface area (TPSA) is 52.6 Å². The lowest BCUT2D eigenvalue weighted by Gasteiger charge is -2.58. The summed E-state index contributed by atoms with van der Waals surface area (Å²) in [6.07, 6.45) is 16.1. The van der Waals surface area contributed by atoms with Crippen LogP contribution in [0, 0.1) is 40.4 Å². The summed E-state index contributed by atoms with van der Waals surface area (Å²) in [5, 5.41) is 0. The zero-order chi connectivity index (χ0) is 26.5. The molecule has 4 aliphatic carbocycles. The van der Waals surface area contributed by atoms with Gasteiger partial charge in [-0.3, -0.25) is 9.59 Å². The van der Waals surface area contributed by atoms with Gasteiger partial charge in [0.25, 0.3) is 0 Å². The highest BCUT2D eigenvalue weighted by atomic mass is 16.6. The molecule has 2 saturated carbocycles. The summed E-state index contributed by atoms with van der Waals surface area (Å²) in [7, 11) is 0. The molecule has 0 amide bonds. The van der Waals surface area contributed by atoms with Crippen LogP contribution < -0.4 is 0 Å². The molecule has 0 radical (unpaired) electrons. The summed E-state index contributed by atoms with van der Waals surface area (Å²) in [4.78, 5) is 24.0. The van der Waals surface area contributed by atoms with Gasteiger partial charge >= 0.3 is 11.9 Å². The van der Waals surface area contributed by atoms with Crippen molar-refractivity contribution in [2.75, 3.05) is 0 Å². The quantitative estimate of drug-likeness (QED) is 0.281. The summed E-state index contributed by atoms with van der Waals surface area (Å²) in [5.41, 5.74) is 2.26. The molecular weight excluding hydrogens is 448 g/mol. The molecule has 4 nitrogen and oxygen atoms in total. The Labute approximate surface area is 219 Å². The lowest BCUT2D eigenvalue weighted by molar-refractivity contribution is -0.190. The van der Waals surface area contributed by atoms with Crippen LogP contribution in [-0.2, 0) is 19.1 Å². The van der Waals surface area contributed by atoms with Crippen molar-refractivity contribution in [1.29, 1.82) is 0 Å². The van der Waals surface area contributed by atoms with Crippen LogP contribution in [-0.4, -0.2) is 23.6 Å². The zero-order valence-electron chi connectivity index (χ0n) is 23.9. The molecule has 0 heterocycles. The van der Waals surface area contributed by atoms with Crippen LogP contribution >= 0.6 is 0 Å². The molecule has 200 valence electrons. The van der Waals surface area contributed by atoms with Crippen molar-refractivity contribution in [2.24, 2.45) is 40.4 Å². The Kier molecular flexibility index (Phi) is 7.40. The molecule has 0 unspecified atom stereocenters. The van der Waals surface area contributed by atoms with Crippen molar-refractivity contribution in [3.63, 3.8) is 0 Å². The Morgan fingerprint density at radius 1 is 0.972 bits per heavy atom. The maximum Gasteiger partial charge on any atom is 0.303 e. The molecule has 0 aliphatic heterocycles. The largest absolute Gasteiger partial charge is 0.462 e. The van der Waals surface area contributed by atoms with E-state index in [4.69, 9.17) is 9.47 Å². The molecule has 2 fully saturated rings. The number of rotatable bonds is 6. The lowest BCUT2D eigenvalue weighted by atomic mass is 9.50. The molecule has 4 heteroatoms. The van der Waals surface area contributed by atoms with Crippen LogP contribution in [0.3, 0.4) is 0 Å². The van der Waals surface area contributed by atoms with Gasteiger partial charge in [-0.2, -0.15) is 0 Å². The highest BCUT2D eigenvalue weighted by Crippen LogP contribution is 2.66. The van der Waals surface area contributed by atoms with Gasteiger partial charge in [0.2, 0.25) is 0 Å². The first-order valence-electron chi connectivity index (χ1n) is 14.3. The van der Waals surface area contributed by atoms with Crippen LogP contribution in [0.15, 0.2) is 35.5 Å². The smallest absolute Gasteiger partial charge is 0.303 e. The van der Waals surface area contributed by atoms with E-state index in [9.17, 15) is 9.59 Å². The first kappa shape index (κ1) is 27.2. The second kappa shape index (κ2) is 9.80. The van der Waals surface area contributed by atoms with Crippen molar-refractivity contribution in [1.82, 2.24) is 0 Å². The molecular formula is C32H48O4. The maximum atomic E-state index is 12.3. The minimum atomic E-state index is -0.651. The Morgan fingerprint density at radius 3 is 2.33 bits per heavy atom. The molecule has 0 bridgehead atoms. The van der Waals surface area contributed by atoms with Gasteiger partial charge in [0.1, 0.15) is 11.7 Å². The van der Waals surface area contributed by atoms with Crippen molar-refractivity contribution >= 4 is 11.9 Å². The molecule has 36 heavy (non-hydrogen) atoms. The second-order valence-electron chi connectivity index (χ2n) is 13.2. The summed E-state index contributed by atoms with van der Waals surface area (Å²) < 4.78 is 11.8. The summed E-state index contributed by atoms with van der Waals surface area (Å²) in [6.45, 7) is 17.1. The minimum Gasteiger partial charge on any atom is -0.462 e. The molecule has 4 rings (SSSR count). The van der Waals surface area contributed by atoms with Gasteiger partial charge in [0, 0.05) is 32.1 Å². The average Bonchev–Trinajstić information content (AvgIpc) is 3.14. The minimum absolute atomic E-state index is 0.198. The van der Waals surface area contributed by atoms with Gasteiger partial charge < -0.3 is 9.47 Å². The first-order chi connectivity index (χ1) is 16.8. The van der Waals surface area contributed by atoms with E-state index in [2.05, 4.69) is 65.8 Å². The van der Waals surface area contributed by atoms with Crippen LogP contribution in [0.1, 0.15) is 100 Å². The number of allylic oxidation sites excluding steroid dienone is 4. The molecule has 4 aliphatic rings. The molecule has 0 aromatic heterocycles. The van der Waals surface area contributed by atoms with Gasteiger partial charge in [0.15, 0.2) is 0 Å². The molecule has 0 spiro atoms. The number of carbonyl (C=O) groups excluding carboxylic acids is 2. The summed E-state index contributed by atoms with van der Waals surface area (Å²) in [6, 6.07) is 0. The number of carbonyl (C=O) groups is 2. The molecule has 0 saturated heterocycles. The van der Waals surface area contributed by atoms with E-state index >= 15 is 0 Å². The SMILES string of the molecule is CC(=O)O[C@@H]1CC[C@]2(C)C3=CC[C@]4(C)[C@H](CC[C@H]4[C@H](C)/C=C/[C@H](C)C(C)C)C3=CC[C@@]2(OC(C)=O)C1. The van der Waals surface area contributed by atoms with E-state index in [-0.39, 0.29) is 28.9 Å². The molecule has 0 aromatic carbocycles. The fourth-order valence-corrected chi connectivity index (χ4v) is 8.20. The summed E-state index contributed by atoms with van der Waals surface area (Å²) in [5.74, 6) is 2.55. The Balaban J connectivity index is 1.64. The van der Waals surface area contributed by atoms with Gasteiger partial charge in [-0.1, -0.05) is 65.8 Å². The number of fused-ring (bicyclic) bond motifs is 5. The molecule has 8 atom stereocenters. The molecule has 0 aromatic rings. The van der Waals surface area contributed by atoms with Crippen LogP contribution in [0.2, 0.25) is 0 Å². The van der Waals surface area contributed by atoms with Crippen molar-refractivity contribution in [3.8, 4) is 0 Å². The highest BCUT2D eigenvalue weighted by Gasteiger charge is 2.62. The average molecular weight is 497 g/mol. The van der Waals surface area contributed by atoms with E-state index in [1.165, 1.54) is 37.8 Å². The van der Waals surface area contributed by atoms with Crippen LogP contribution in [0.5, 0.6) is 0 Å². The fourth-order valence-electron chi connectivity index (χ4n) is 8.20. The van der Waals surface area contributed by atoms with Crippen molar-refractivity contribution in [2.45, 2.75) is 112 Å². The predicted molar refractivity (Wildman–Crippen MR) is 144 cm³/mol. The lowest BCUT2D eigenvalue weighted by Crippen LogP contribution is -2.58. The fraction of sp³-hybridized carbons (Fsp3) is 0.750. The monoisotopic (exact) mass is 496 g/mol. The van der Waals surface area contributed by atoms with Gasteiger partial charge in [-0.05, 0) is 78.3 Å². The first-order valence-corrected chi connectivity index (χ1v) is 14.3. The number of ether oxygens (including phenoxy) is 2. The Bertz CT molecular complexity index is 973. The molecule has 0 N–H and O–H groups in total. The highest BCUT2D eigenvalue weighted by molar-refractivity contribution is 5.68. The number of esters is 2. The maximum absolute atomic E-state index is 12.3. The van der Waals surface area contributed by atoms with Crippen molar-refractivity contribution in [3.05, 3.63) is 35.5 Å². The van der Waals surface area contributed by atoms with Gasteiger partial charge in [-0.25, -0.2) is 0 Å². The van der Waals surface area contributed by atoms with E-state index in [1.807, 2.05) is 0 Å². The number of hydrogen-bond donors (Lipinski definition) is 0. The third kappa shape index (κ3) is 4.52. The third-order valence-electron chi connectivity index (χ3n) is 10.7. The van der Waals surface area contributed by atoms with Crippen LogP contribution in [0.25, 0.3) is 0 Å². The number of hydrogen-bond acceptors (Lipinski definition) is 4. The van der Waals surface area contributed by atoms with Gasteiger partial charge in [0.05, 0.1) is 0 Å².